The van der Waals surface area contributed by atoms with Crippen molar-refractivity contribution in [3.05, 3.63) is 24.0 Å². The van der Waals surface area contributed by atoms with E-state index in [1.54, 1.807) is 6.07 Å². The van der Waals surface area contributed by atoms with Crippen molar-refractivity contribution in [2.24, 2.45) is 5.92 Å². The van der Waals surface area contributed by atoms with Crippen molar-refractivity contribution in [1.29, 1.82) is 0 Å². The summed E-state index contributed by atoms with van der Waals surface area (Å²) < 4.78 is 5.37. The van der Waals surface area contributed by atoms with Gasteiger partial charge in [0, 0.05) is 38.8 Å². The highest BCUT2D eigenvalue weighted by Gasteiger charge is 2.34. The lowest BCUT2D eigenvalue weighted by atomic mass is 9.92. The van der Waals surface area contributed by atoms with Crippen molar-refractivity contribution in [3.63, 3.8) is 0 Å². The van der Waals surface area contributed by atoms with Crippen LogP contribution in [0.15, 0.2) is 18.3 Å². The number of rotatable bonds is 3. The summed E-state index contributed by atoms with van der Waals surface area (Å²) in [5, 5.41) is 9.35. The Morgan fingerprint density at radius 1 is 1.00 bits per heavy atom. The second-order valence-electron chi connectivity index (χ2n) is 8.20. The van der Waals surface area contributed by atoms with Crippen molar-refractivity contribution >= 4 is 11.8 Å². The molecule has 3 aliphatic heterocycles. The van der Waals surface area contributed by atoms with Crippen LogP contribution in [0.3, 0.4) is 0 Å². The van der Waals surface area contributed by atoms with Gasteiger partial charge in [0.05, 0.1) is 25.3 Å². The molecule has 4 rings (SSSR count). The van der Waals surface area contributed by atoms with Gasteiger partial charge in [-0.25, -0.2) is 4.98 Å². The standard InChI is InChI=1S/C21H30N4O4/c26-18-3-4-19(22-14-18)21(28)23-8-5-17(6-9-23)25-7-1-2-16(15-25)20(27)24-10-12-29-13-11-24/h3-4,14,16-17,26H,1-2,5-13,15H2/t16-/m0/s1. The molecule has 0 spiro atoms. The number of amides is 2. The largest absolute Gasteiger partial charge is 0.506 e. The predicted molar refractivity (Wildman–Crippen MR) is 107 cm³/mol. The topological polar surface area (TPSA) is 86.2 Å². The molecule has 0 unspecified atom stereocenters. The molecule has 2 amide bonds. The van der Waals surface area contributed by atoms with Crippen LogP contribution in [-0.4, -0.2) is 95.1 Å². The summed E-state index contributed by atoms with van der Waals surface area (Å²) in [6, 6.07) is 3.48. The molecule has 0 radical (unpaired) electrons. The van der Waals surface area contributed by atoms with Gasteiger partial charge >= 0.3 is 0 Å². The van der Waals surface area contributed by atoms with Gasteiger partial charge in [0.15, 0.2) is 0 Å². The van der Waals surface area contributed by atoms with Crippen molar-refractivity contribution in [2.45, 2.75) is 31.7 Å². The Labute approximate surface area is 171 Å². The van der Waals surface area contributed by atoms with Crippen LogP contribution in [0.5, 0.6) is 5.75 Å². The summed E-state index contributed by atoms with van der Waals surface area (Å²) in [4.78, 5) is 35.8. The number of hydrogen-bond donors (Lipinski definition) is 1. The molecular weight excluding hydrogens is 372 g/mol. The lowest BCUT2D eigenvalue weighted by Gasteiger charge is -2.43. The minimum Gasteiger partial charge on any atom is -0.506 e. The first kappa shape index (κ1) is 20.1. The van der Waals surface area contributed by atoms with Gasteiger partial charge < -0.3 is 19.6 Å². The molecule has 1 aromatic rings. The normalized spacial score (nSPS) is 24.5. The summed E-state index contributed by atoms with van der Waals surface area (Å²) in [6.07, 6.45) is 5.16. The summed E-state index contributed by atoms with van der Waals surface area (Å²) >= 11 is 0. The van der Waals surface area contributed by atoms with Crippen molar-refractivity contribution in [2.75, 3.05) is 52.5 Å². The van der Waals surface area contributed by atoms with Gasteiger partial charge in [-0.1, -0.05) is 0 Å². The minimum atomic E-state index is -0.0811. The van der Waals surface area contributed by atoms with Gasteiger partial charge in [0.2, 0.25) is 5.91 Å². The van der Waals surface area contributed by atoms with Crippen LogP contribution in [0.25, 0.3) is 0 Å². The van der Waals surface area contributed by atoms with E-state index < -0.39 is 0 Å². The molecule has 1 atom stereocenters. The van der Waals surface area contributed by atoms with Crippen LogP contribution in [0, 0.1) is 5.92 Å². The van der Waals surface area contributed by atoms with E-state index in [0.29, 0.717) is 51.1 Å². The average molecular weight is 402 g/mol. The van der Waals surface area contributed by atoms with Gasteiger partial charge in [-0.15, -0.1) is 0 Å². The van der Waals surface area contributed by atoms with Gasteiger partial charge in [-0.3, -0.25) is 14.5 Å². The first-order valence-electron chi connectivity index (χ1n) is 10.7. The Morgan fingerprint density at radius 2 is 1.76 bits per heavy atom. The molecule has 0 saturated carbocycles. The van der Waals surface area contributed by atoms with Crippen LogP contribution in [0.4, 0.5) is 0 Å². The van der Waals surface area contributed by atoms with E-state index in [2.05, 4.69) is 9.88 Å². The van der Waals surface area contributed by atoms with Gasteiger partial charge in [-0.05, 0) is 44.4 Å². The summed E-state index contributed by atoms with van der Waals surface area (Å²) in [7, 11) is 0. The minimum absolute atomic E-state index is 0.0616. The third-order valence-corrected chi connectivity index (χ3v) is 6.36. The number of aromatic nitrogens is 1. The smallest absolute Gasteiger partial charge is 0.272 e. The molecule has 1 N–H and O–H groups in total. The molecule has 0 aliphatic carbocycles. The second kappa shape index (κ2) is 9.09. The number of aromatic hydroxyl groups is 1. The molecule has 29 heavy (non-hydrogen) atoms. The number of pyridine rings is 1. The third kappa shape index (κ3) is 4.70. The van der Waals surface area contributed by atoms with Crippen molar-refractivity contribution in [1.82, 2.24) is 19.7 Å². The fourth-order valence-corrected chi connectivity index (χ4v) is 4.69. The van der Waals surface area contributed by atoms with Crippen LogP contribution < -0.4 is 0 Å². The number of morpholine rings is 1. The third-order valence-electron chi connectivity index (χ3n) is 6.36. The average Bonchev–Trinajstić information content (AvgIpc) is 2.79. The maximum Gasteiger partial charge on any atom is 0.272 e. The maximum atomic E-state index is 12.9. The van der Waals surface area contributed by atoms with E-state index in [4.69, 9.17) is 4.74 Å². The number of carbonyl (C=O) groups excluding carboxylic acids is 2. The zero-order chi connectivity index (χ0) is 20.2. The van der Waals surface area contributed by atoms with E-state index in [0.717, 1.165) is 38.8 Å². The Hall–Kier alpha value is -2.19. The Kier molecular flexibility index (Phi) is 6.30. The molecular formula is C21H30N4O4. The predicted octanol–water partition coefficient (Wildman–Crippen LogP) is 0.963. The van der Waals surface area contributed by atoms with Crippen LogP contribution in [-0.2, 0) is 9.53 Å². The Bertz CT molecular complexity index is 712. The highest BCUT2D eigenvalue weighted by atomic mass is 16.5. The van der Waals surface area contributed by atoms with Crippen molar-refractivity contribution in [3.8, 4) is 5.75 Å². The summed E-state index contributed by atoms with van der Waals surface area (Å²) in [5.74, 6) is 0.348. The van der Waals surface area contributed by atoms with Gasteiger partial charge in [0.25, 0.3) is 5.91 Å². The molecule has 3 fully saturated rings. The molecule has 1 aromatic heterocycles. The van der Waals surface area contributed by atoms with E-state index in [1.807, 2.05) is 9.80 Å². The number of nitrogens with zero attached hydrogens (tertiary/aromatic N) is 4. The quantitative estimate of drug-likeness (QED) is 0.811. The number of likely N-dealkylation sites (tertiary alicyclic amines) is 2. The highest BCUT2D eigenvalue weighted by molar-refractivity contribution is 5.92. The first-order valence-corrected chi connectivity index (χ1v) is 10.7. The van der Waals surface area contributed by atoms with E-state index in [-0.39, 0.29) is 23.5 Å². The van der Waals surface area contributed by atoms with Crippen LogP contribution in [0.1, 0.15) is 36.2 Å². The molecule has 8 nitrogen and oxygen atoms in total. The second-order valence-corrected chi connectivity index (χ2v) is 8.20. The molecule has 0 aromatic carbocycles. The first-order chi connectivity index (χ1) is 14.1. The number of hydrogen-bond acceptors (Lipinski definition) is 6. The number of ether oxygens (including phenoxy) is 1. The van der Waals surface area contributed by atoms with E-state index in [9.17, 15) is 14.7 Å². The van der Waals surface area contributed by atoms with E-state index in [1.165, 1.54) is 12.3 Å². The Balaban J connectivity index is 1.29. The molecule has 3 saturated heterocycles. The molecule has 4 heterocycles. The number of carbonyl (C=O) groups is 2. The van der Waals surface area contributed by atoms with Crippen LogP contribution in [0.2, 0.25) is 0 Å². The van der Waals surface area contributed by atoms with Gasteiger partial charge in [-0.2, -0.15) is 0 Å². The summed E-state index contributed by atoms with van der Waals surface area (Å²) in [5.41, 5.74) is 0.371. The monoisotopic (exact) mass is 402 g/mol. The fraction of sp³-hybridized carbons (Fsp3) is 0.667. The van der Waals surface area contributed by atoms with Gasteiger partial charge in [0.1, 0.15) is 11.4 Å². The molecule has 3 aliphatic rings. The zero-order valence-electron chi connectivity index (χ0n) is 16.8. The molecule has 158 valence electrons. The Morgan fingerprint density at radius 3 is 2.45 bits per heavy atom. The fourth-order valence-electron chi connectivity index (χ4n) is 4.69. The van der Waals surface area contributed by atoms with E-state index >= 15 is 0 Å². The molecule has 0 bridgehead atoms. The highest BCUT2D eigenvalue weighted by Crippen LogP contribution is 2.26. The maximum absolute atomic E-state index is 12.9. The summed E-state index contributed by atoms with van der Waals surface area (Å²) in [6.45, 7) is 5.96. The number of piperidine rings is 2. The molecule has 8 heteroatoms. The lowest BCUT2D eigenvalue weighted by Crippen LogP contribution is -2.53. The van der Waals surface area contributed by atoms with Crippen LogP contribution >= 0.6 is 0 Å². The SMILES string of the molecule is O=C(c1ccc(O)cn1)N1CCC(N2CCC[C@H](C(=O)N3CCOCC3)C2)CC1. The lowest BCUT2D eigenvalue weighted by molar-refractivity contribution is -0.141. The van der Waals surface area contributed by atoms with Crippen molar-refractivity contribution < 1.29 is 19.4 Å². The zero-order valence-corrected chi connectivity index (χ0v) is 16.8.